The van der Waals surface area contributed by atoms with E-state index in [0.717, 1.165) is 0 Å². The zero-order chi connectivity index (χ0) is 45.7. The molecular formula is C61H67BN2. The first kappa shape index (κ1) is 43.5. The number of hydrogen-bond acceptors (Lipinski definition) is 2. The van der Waals surface area contributed by atoms with E-state index in [1.165, 1.54) is 95.0 Å². The van der Waals surface area contributed by atoms with Crippen LogP contribution in [0.4, 0.5) is 34.1 Å². The molecule has 64 heavy (non-hydrogen) atoms. The van der Waals surface area contributed by atoms with E-state index in [2.05, 4.69) is 258 Å². The van der Waals surface area contributed by atoms with Crippen LogP contribution in [0, 0.1) is 6.92 Å². The molecule has 0 aliphatic carbocycles. The van der Waals surface area contributed by atoms with Gasteiger partial charge in [0.2, 0.25) is 0 Å². The molecule has 0 spiro atoms. The Morgan fingerprint density at radius 1 is 0.328 bits per heavy atom. The Labute approximate surface area is 385 Å². The quantitative estimate of drug-likeness (QED) is 0.154. The van der Waals surface area contributed by atoms with Crippen molar-refractivity contribution in [2.45, 2.75) is 124 Å². The molecule has 0 unspecified atom stereocenters. The Morgan fingerprint density at radius 2 is 0.781 bits per heavy atom. The van der Waals surface area contributed by atoms with Crippen molar-refractivity contribution in [1.29, 1.82) is 0 Å². The number of hydrogen-bond donors (Lipinski definition) is 0. The molecule has 0 amide bonds. The van der Waals surface area contributed by atoms with Crippen molar-refractivity contribution in [3.05, 3.63) is 196 Å². The fourth-order valence-electron chi connectivity index (χ4n) is 10.2. The summed E-state index contributed by atoms with van der Waals surface area (Å²) in [6, 6.07) is 58.4. The smallest absolute Gasteiger partial charge is 0.252 e. The van der Waals surface area contributed by atoms with Gasteiger partial charge in [-0.2, -0.15) is 0 Å². The van der Waals surface area contributed by atoms with Crippen LogP contribution in [0.25, 0.3) is 0 Å². The third-order valence-electron chi connectivity index (χ3n) is 14.5. The molecule has 0 aromatic heterocycles. The first-order valence-corrected chi connectivity index (χ1v) is 23.5. The fourth-order valence-corrected chi connectivity index (χ4v) is 10.2. The maximum Gasteiger partial charge on any atom is 0.252 e. The molecule has 0 N–H and O–H groups in total. The number of benzene rings is 7. The van der Waals surface area contributed by atoms with Gasteiger partial charge in [0.1, 0.15) is 0 Å². The normalized spacial score (nSPS) is 14.0. The van der Waals surface area contributed by atoms with Crippen LogP contribution in [0.1, 0.15) is 135 Å². The zero-order valence-corrected chi connectivity index (χ0v) is 40.9. The third kappa shape index (κ3) is 7.39. The van der Waals surface area contributed by atoms with Crippen LogP contribution in [0.3, 0.4) is 0 Å². The number of anilines is 6. The van der Waals surface area contributed by atoms with Gasteiger partial charge in [-0.25, -0.2) is 0 Å². The SMILES string of the molecule is Cc1cc2c3c(c1)N(c1cc(C(C)(C)C)cc(C(C)(C)C)c1)c1cc(C(C)(C)C)ccc1B3c1cc(C(C)(C)c3ccccc3)ccc1N2c1ccc(C(C)(C)c2ccccc2)cc1. The minimum absolute atomic E-state index is 0.0211. The highest BCUT2D eigenvalue weighted by Crippen LogP contribution is 2.48. The highest BCUT2D eigenvalue weighted by molar-refractivity contribution is 7.00. The van der Waals surface area contributed by atoms with Crippen LogP contribution in [-0.4, -0.2) is 6.71 Å². The van der Waals surface area contributed by atoms with Crippen molar-refractivity contribution in [2.24, 2.45) is 0 Å². The maximum atomic E-state index is 2.63. The molecule has 9 rings (SSSR count). The monoisotopic (exact) mass is 839 g/mol. The summed E-state index contributed by atoms with van der Waals surface area (Å²) in [6.45, 7) is 32.8. The predicted molar refractivity (Wildman–Crippen MR) is 278 cm³/mol. The topological polar surface area (TPSA) is 6.48 Å². The van der Waals surface area contributed by atoms with Gasteiger partial charge in [0.05, 0.1) is 0 Å². The summed E-state index contributed by atoms with van der Waals surface area (Å²) in [5.74, 6) is 0. The Balaban J connectivity index is 1.35. The average Bonchev–Trinajstić information content (AvgIpc) is 3.25. The van der Waals surface area contributed by atoms with Crippen LogP contribution in [0.5, 0.6) is 0 Å². The lowest BCUT2D eigenvalue weighted by atomic mass is 9.33. The van der Waals surface area contributed by atoms with E-state index in [1.807, 2.05) is 0 Å². The highest BCUT2D eigenvalue weighted by atomic mass is 15.2. The predicted octanol–water partition coefficient (Wildman–Crippen LogP) is 14.6. The van der Waals surface area contributed by atoms with E-state index >= 15 is 0 Å². The van der Waals surface area contributed by atoms with E-state index < -0.39 is 0 Å². The molecular weight excluding hydrogens is 771 g/mol. The van der Waals surface area contributed by atoms with Crippen molar-refractivity contribution < 1.29 is 0 Å². The standard InChI is InChI=1S/C61H67BN2/c1-40-33-54-56-55(34-40)64(49-36-46(58(5,6)7)35-47(37-49)59(8,9)10)53-39-44(57(2,3)4)27-31-50(53)62(56)51-38-45(61(13,14)42-23-19-16-20-24-42)28-32-52(51)63(54)48-29-25-43(26-30-48)60(11,12)41-21-17-15-18-22-41/h15-39H,1-14H3. The Morgan fingerprint density at radius 3 is 1.30 bits per heavy atom. The van der Waals surface area contributed by atoms with Gasteiger partial charge in [-0.1, -0.05) is 193 Å². The molecule has 0 radical (unpaired) electrons. The van der Waals surface area contributed by atoms with Crippen molar-refractivity contribution in [1.82, 2.24) is 0 Å². The van der Waals surface area contributed by atoms with E-state index in [1.54, 1.807) is 0 Å². The third-order valence-corrected chi connectivity index (χ3v) is 14.5. The van der Waals surface area contributed by atoms with Crippen LogP contribution < -0.4 is 26.2 Å². The minimum Gasteiger partial charge on any atom is -0.311 e. The molecule has 2 nitrogen and oxygen atoms in total. The Bertz CT molecular complexity index is 2850. The Hall–Kier alpha value is -5.80. The summed E-state index contributed by atoms with van der Waals surface area (Å²) in [4.78, 5) is 5.19. The maximum absolute atomic E-state index is 2.63. The van der Waals surface area contributed by atoms with Crippen LogP contribution in [0.2, 0.25) is 0 Å². The first-order valence-electron chi connectivity index (χ1n) is 23.5. The van der Waals surface area contributed by atoms with E-state index in [-0.39, 0.29) is 33.8 Å². The summed E-state index contributed by atoms with van der Waals surface area (Å²) >= 11 is 0. The summed E-state index contributed by atoms with van der Waals surface area (Å²) in [5.41, 5.74) is 21.5. The van der Waals surface area contributed by atoms with E-state index in [4.69, 9.17) is 0 Å². The summed E-state index contributed by atoms with van der Waals surface area (Å²) in [6.07, 6.45) is 0. The number of rotatable bonds is 6. The second kappa shape index (κ2) is 15.2. The van der Waals surface area contributed by atoms with Crippen LogP contribution >= 0.6 is 0 Å². The minimum atomic E-state index is -0.210. The molecule has 2 aliphatic heterocycles. The number of aryl methyl sites for hydroxylation is 1. The van der Waals surface area contributed by atoms with Crippen molar-refractivity contribution >= 4 is 57.2 Å². The lowest BCUT2D eigenvalue weighted by molar-refractivity contribution is 0.569. The molecule has 0 atom stereocenters. The molecule has 2 heterocycles. The zero-order valence-electron chi connectivity index (χ0n) is 40.9. The molecule has 0 bridgehead atoms. The average molecular weight is 839 g/mol. The molecule has 0 saturated carbocycles. The molecule has 7 aromatic carbocycles. The van der Waals surface area contributed by atoms with Gasteiger partial charge in [-0.15, -0.1) is 0 Å². The van der Waals surface area contributed by atoms with Crippen molar-refractivity contribution in [3.63, 3.8) is 0 Å². The second-order valence-electron chi connectivity index (χ2n) is 22.9. The van der Waals surface area contributed by atoms with E-state index in [0.29, 0.717) is 0 Å². The fraction of sp³-hybridized carbons (Fsp3) is 0.311. The second-order valence-corrected chi connectivity index (χ2v) is 22.9. The molecule has 0 fully saturated rings. The van der Waals surface area contributed by atoms with Gasteiger partial charge >= 0.3 is 0 Å². The lowest BCUT2D eigenvalue weighted by Gasteiger charge is -2.45. The van der Waals surface area contributed by atoms with Gasteiger partial charge < -0.3 is 9.80 Å². The molecule has 2 aliphatic rings. The largest absolute Gasteiger partial charge is 0.311 e. The van der Waals surface area contributed by atoms with Gasteiger partial charge in [0.15, 0.2) is 0 Å². The van der Waals surface area contributed by atoms with Gasteiger partial charge in [0.25, 0.3) is 6.71 Å². The van der Waals surface area contributed by atoms with Gasteiger partial charge in [0, 0.05) is 45.0 Å². The Kier molecular flexibility index (Phi) is 10.3. The van der Waals surface area contributed by atoms with Gasteiger partial charge in [-0.3, -0.25) is 0 Å². The number of nitrogens with zero attached hydrogens (tertiary/aromatic N) is 2. The molecule has 0 saturated heterocycles. The summed E-state index contributed by atoms with van der Waals surface area (Å²) in [5, 5.41) is 0. The first-order chi connectivity index (χ1) is 30.0. The molecule has 324 valence electrons. The highest BCUT2D eigenvalue weighted by Gasteiger charge is 2.45. The summed E-state index contributed by atoms with van der Waals surface area (Å²) < 4.78 is 0. The summed E-state index contributed by atoms with van der Waals surface area (Å²) in [7, 11) is 0. The van der Waals surface area contributed by atoms with Crippen LogP contribution in [-0.2, 0) is 27.1 Å². The van der Waals surface area contributed by atoms with Crippen LogP contribution in [0.15, 0.2) is 152 Å². The van der Waals surface area contributed by atoms with Gasteiger partial charge in [-0.05, 0) is 133 Å². The number of fused-ring (bicyclic) bond motifs is 4. The van der Waals surface area contributed by atoms with Crippen molar-refractivity contribution in [3.8, 4) is 0 Å². The van der Waals surface area contributed by atoms with Crippen molar-refractivity contribution in [2.75, 3.05) is 9.80 Å². The lowest BCUT2D eigenvalue weighted by Crippen LogP contribution is -2.61. The molecule has 3 heteroatoms. The van der Waals surface area contributed by atoms with E-state index in [9.17, 15) is 0 Å². The molecule has 7 aromatic rings.